The van der Waals surface area contributed by atoms with Gasteiger partial charge in [-0.1, -0.05) is 30.0 Å². The van der Waals surface area contributed by atoms with Crippen molar-refractivity contribution in [3.05, 3.63) is 59.9 Å². The van der Waals surface area contributed by atoms with Gasteiger partial charge >= 0.3 is 5.88 Å². The Hall–Kier alpha value is -4.56. The van der Waals surface area contributed by atoms with Gasteiger partial charge in [-0.25, -0.2) is 4.99 Å². The number of carbonyl (C=O) groups is 2. The lowest BCUT2D eigenvalue weighted by Crippen LogP contribution is -2.62. The first-order valence-corrected chi connectivity index (χ1v) is 13.6. The van der Waals surface area contributed by atoms with E-state index in [2.05, 4.69) is 15.6 Å². The first-order chi connectivity index (χ1) is 20.0. The highest BCUT2D eigenvalue weighted by Gasteiger charge is 2.33. The van der Waals surface area contributed by atoms with Gasteiger partial charge < -0.3 is 18.9 Å². The number of hydrogen-bond acceptors (Lipinski definition) is 11. The van der Waals surface area contributed by atoms with Crippen LogP contribution >= 0.6 is 11.8 Å². The number of aliphatic imine (C=N–C) groups is 1. The first kappa shape index (κ1) is 28.0. The number of para-hydroxylation sites is 1. The normalized spacial score (nSPS) is 16.1. The molecule has 13 nitrogen and oxygen atoms in total. The van der Waals surface area contributed by atoms with Crippen LogP contribution in [0.15, 0.2) is 63.9 Å². The van der Waals surface area contributed by atoms with Crippen molar-refractivity contribution >= 4 is 46.4 Å². The Kier molecular flexibility index (Phi) is 8.70. The number of ether oxygens (including phenoxy) is 4. The average molecular weight is 582 g/mol. The number of amidine groups is 1. The van der Waals surface area contributed by atoms with Crippen LogP contribution in [0, 0.1) is 0 Å². The van der Waals surface area contributed by atoms with Crippen molar-refractivity contribution in [1.29, 1.82) is 0 Å². The summed E-state index contributed by atoms with van der Waals surface area (Å²) in [5.41, 5.74) is 1.44. The summed E-state index contributed by atoms with van der Waals surface area (Å²) in [6.45, 7) is 2.50. The van der Waals surface area contributed by atoms with Crippen molar-refractivity contribution in [2.24, 2.45) is 4.99 Å². The van der Waals surface area contributed by atoms with Crippen molar-refractivity contribution in [3.8, 4) is 17.2 Å². The van der Waals surface area contributed by atoms with Crippen LogP contribution in [-0.4, -0.2) is 75.6 Å². The SMILES string of the molecule is COc1cc(/C=C2/N=C(SCC(=O)Nc3c[n+](N4CCOCC4)no3)N(c3ccccc3)C2=O)cc(OC)c1OC. The van der Waals surface area contributed by atoms with Gasteiger partial charge in [-0.15, -0.1) is 5.01 Å². The van der Waals surface area contributed by atoms with E-state index in [1.54, 1.807) is 41.3 Å². The lowest BCUT2D eigenvalue weighted by molar-refractivity contribution is -0.759. The third-order valence-electron chi connectivity index (χ3n) is 6.16. The second-order valence-electron chi connectivity index (χ2n) is 8.75. The molecule has 0 radical (unpaired) electrons. The minimum absolute atomic E-state index is 0.0227. The third kappa shape index (κ3) is 6.28. The highest BCUT2D eigenvalue weighted by atomic mass is 32.2. The molecule has 1 saturated heterocycles. The Bertz CT molecular complexity index is 1440. The van der Waals surface area contributed by atoms with E-state index in [0.29, 0.717) is 60.0 Å². The molecule has 3 heterocycles. The fourth-order valence-electron chi connectivity index (χ4n) is 4.23. The van der Waals surface area contributed by atoms with E-state index < -0.39 is 0 Å². The van der Waals surface area contributed by atoms with Crippen molar-refractivity contribution in [2.45, 2.75) is 0 Å². The monoisotopic (exact) mass is 581 g/mol. The first-order valence-electron chi connectivity index (χ1n) is 12.6. The number of benzene rings is 2. The average Bonchev–Trinajstić information content (AvgIpc) is 3.60. The Balaban J connectivity index is 1.35. The van der Waals surface area contributed by atoms with Crippen LogP contribution in [0.3, 0.4) is 0 Å². The molecule has 41 heavy (non-hydrogen) atoms. The molecule has 1 fully saturated rings. The molecular weight excluding hydrogens is 552 g/mol. The predicted octanol–water partition coefficient (Wildman–Crippen LogP) is 2.07. The van der Waals surface area contributed by atoms with Crippen molar-refractivity contribution in [3.63, 3.8) is 0 Å². The summed E-state index contributed by atoms with van der Waals surface area (Å²) < 4.78 is 26.9. The zero-order valence-corrected chi connectivity index (χ0v) is 23.6. The van der Waals surface area contributed by atoms with Gasteiger partial charge in [-0.2, -0.15) is 0 Å². The van der Waals surface area contributed by atoms with Crippen molar-refractivity contribution in [1.82, 2.24) is 5.27 Å². The van der Waals surface area contributed by atoms with E-state index in [1.807, 2.05) is 23.2 Å². The summed E-state index contributed by atoms with van der Waals surface area (Å²) in [5.74, 6) is 0.831. The quantitative estimate of drug-likeness (QED) is 0.296. The van der Waals surface area contributed by atoms with E-state index in [9.17, 15) is 9.59 Å². The van der Waals surface area contributed by atoms with Gasteiger partial charge in [0.15, 0.2) is 16.7 Å². The van der Waals surface area contributed by atoms with Crippen LogP contribution in [0.1, 0.15) is 5.56 Å². The zero-order valence-electron chi connectivity index (χ0n) is 22.7. The maximum absolute atomic E-state index is 13.5. The van der Waals surface area contributed by atoms with Crippen LogP contribution in [0.5, 0.6) is 17.2 Å². The van der Waals surface area contributed by atoms with E-state index in [4.69, 9.17) is 23.5 Å². The lowest BCUT2D eigenvalue weighted by atomic mass is 10.1. The highest BCUT2D eigenvalue weighted by Crippen LogP contribution is 2.39. The summed E-state index contributed by atoms with van der Waals surface area (Å²) in [7, 11) is 4.56. The molecule has 14 heteroatoms. The van der Waals surface area contributed by atoms with Crippen LogP contribution < -0.4 is 34.2 Å². The van der Waals surface area contributed by atoms with Crippen LogP contribution in [0.4, 0.5) is 11.6 Å². The Morgan fingerprint density at radius 3 is 2.46 bits per heavy atom. The fourth-order valence-corrected chi connectivity index (χ4v) is 5.04. The summed E-state index contributed by atoms with van der Waals surface area (Å²) in [6, 6.07) is 12.6. The molecule has 0 spiro atoms. The molecule has 3 aromatic rings. The molecule has 0 bridgehead atoms. The van der Waals surface area contributed by atoms with Gasteiger partial charge in [-0.3, -0.25) is 24.3 Å². The third-order valence-corrected chi connectivity index (χ3v) is 7.10. The highest BCUT2D eigenvalue weighted by molar-refractivity contribution is 8.14. The molecule has 2 aliphatic rings. The molecule has 0 aliphatic carbocycles. The van der Waals surface area contributed by atoms with Gasteiger partial charge in [0, 0.05) is 0 Å². The number of methoxy groups -OCH3 is 3. The number of anilines is 2. The molecule has 0 unspecified atom stereocenters. The largest absolute Gasteiger partial charge is 0.493 e. The maximum atomic E-state index is 13.5. The molecule has 2 amide bonds. The Labute approximate surface area is 240 Å². The summed E-state index contributed by atoms with van der Waals surface area (Å²) in [4.78, 5) is 33.9. The molecule has 5 rings (SSSR count). The number of carbonyl (C=O) groups excluding carboxylic acids is 2. The topological polar surface area (TPSA) is 132 Å². The fraction of sp³-hybridized carbons (Fsp3) is 0.296. The maximum Gasteiger partial charge on any atom is 0.305 e. The number of morpholine rings is 1. The van der Waals surface area contributed by atoms with Gasteiger partial charge in [0.2, 0.25) is 16.9 Å². The van der Waals surface area contributed by atoms with E-state index in [1.165, 1.54) is 26.2 Å². The smallest absolute Gasteiger partial charge is 0.305 e. The zero-order chi connectivity index (χ0) is 28.8. The van der Waals surface area contributed by atoms with Crippen LogP contribution in [0.2, 0.25) is 0 Å². The molecule has 1 aromatic heterocycles. The van der Waals surface area contributed by atoms with E-state index in [-0.39, 0.29) is 29.1 Å². The number of hydrogen-bond donors (Lipinski definition) is 1. The number of nitrogens with one attached hydrogen (secondary N) is 1. The second kappa shape index (κ2) is 12.7. The Morgan fingerprint density at radius 1 is 1.10 bits per heavy atom. The molecular formula is C27H29N6O7S+. The van der Waals surface area contributed by atoms with Gasteiger partial charge in [0.1, 0.15) is 5.70 Å². The van der Waals surface area contributed by atoms with Crippen LogP contribution in [0.25, 0.3) is 6.08 Å². The summed E-state index contributed by atoms with van der Waals surface area (Å²) >= 11 is 1.13. The van der Waals surface area contributed by atoms with Gasteiger partial charge in [-0.05, 0) is 35.9 Å². The van der Waals surface area contributed by atoms with Crippen molar-refractivity contribution in [2.75, 3.05) is 68.6 Å². The molecule has 214 valence electrons. The molecule has 2 aromatic carbocycles. The summed E-state index contributed by atoms with van der Waals surface area (Å²) in [5, 5.41) is 8.95. The van der Waals surface area contributed by atoms with Crippen molar-refractivity contribution < 1.29 is 37.9 Å². The molecule has 0 saturated carbocycles. The number of thioether (sulfide) groups is 1. The van der Waals surface area contributed by atoms with Crippen LogP contribution in [-0.2, 0) is 14.3 Å². The standard InChI is InChI=1S/C27H28N6O7S/c1-36-21-14-18(15-22(37-2)25(21)38-3)13-20-26(35)33(19-7-5-4-6-8-19)27(28-20)41-17-23(34)29-24-16-32(30-40-24)31-9-11-39-12-10-31/h4-8,13-16H,9-12,17H2,1-3H3/p+1/b20-13+. The summed E-state index contributed by atoms with van der Waals surface area (Å²) in [6.07, 6.45) is 3.23. The van der Waals surface area contributed by atoms with E-state index in [0.717, 1.165) is 11.8 Å². The number of aromatic nitrogens is 2. The number of nitrogens with zero attached hydrogens (tertiary/aromatic N) is 5. The second-order valence-corrected chi connectivity index (χ2v) is 9.69. The number of amides is 2. The van der Waals surface area contributed by atoms with E-state index >= 15 is 0 Å². The molecule has 0 atom stereocenters. The van der Waals surface area contributed by atoms with Gasteiger partial charge in [0.05, 0.1) is 63.9 Å². The molecule has 1 N–H and O–H groups in total. The number of rotatable bonds is 9. The minimum atomic E-state index is -0.342. The Morgan fingerprint density at radius 2 is 1.80 bits per heavy atom. The molecule has 2 aliphatic heterocycles. The predicted molar refractivity (Wildman–Crippen MR) is 152 cm³/mol. The lowest BCUT2D eigenvalue weighted by Gasteiger charge is -2.18. The minimum Gasteiger partial charge on any atom is -0.493 e. The van der Waals surface area contributed by atoms with Gasteiger partial charge in [0.25, 0.3) is 12.1 Å².